The zero-order valence-corrected chi connectivity index (χ0v) is 8.35. The molecule has 1 atom stereocenters. The molecular formula is C9H11ClFNO2. The second kappa shape index (κ2) is 3.73. The number of benzene rings is 1. The van der Waals surface area contributed by atoms with E-state index in [0.29, 0.717) is 0 Å². The maximum atomic E-state index is 12.9. The number of aromatic hydroxyl groups is 1. The highest BCUT2D eigenvalue weighted by Gasteiger charge is 2.24. The zero-order chi connectivity index (χ0) is 10.9. The molecule has 0 spiro atoms. The van der Waals surface area contributed by atoms with E-state index in [1.54, 1.807) is 0 Å². The van der Waals surface area contributed by atoms with Gasteiger partial charge in [0.1, 0.15) is 11.6 Å². The van der Waals surface area contributed by atoms with Crippen LogP contribution < -0.4 is 5.73 Å². The molecule has 0 bridgehead atoms. The molecule has 0 unspecified atom stereocenters. The van der Waals surface area contributed by atoms with Gasteiger partial charge in [-0.25, -0.2) is 4.39 Å². The lowest BCUT2D eigenvalue weighted by Gasteiger charge is -2.23. The number of phenols is 1. The van der Waals surface area contributed by atoms with Crippen LogP contribution >= 0.6 is 11.6 Å². The summed E-state index contributed by atoms with van der Waals surface area (Å²) in [5, 5.41) is 18.2. The van der Waals surface area contributed by atoms with Gasteiger partial charge in [-0.3, -0.25) is 0 Å². The van der Waals surface area contributed by atoms with Gasteiger partial charge in [-0.1, -0.05) is 11.6 Å². The number of hydrogen-bond acceptors (Lipinski definition) is 3. The van der Waals surface area contributed by atoms with Crippen molar-refractivity contribution in [2.24, 2.45) is 5.73 Å². The predicted molar refractivity (Wildman–Crippen MR) is 51.7 cm³/mol. The Morgan fingerprint density at radius 1 is 1.57 bits per heavy atom. The Bertz CT molecular complexity index is 355. The van der Waals surface area contributed by atoms with Gasteiger partial charge in [-0.15, -0.1) is 0 Å². The smallest absolute Gasteiger partial charge is 0.145 e. The number of phenolic OH excluding ortho intramolecular Hbond substituents is 1. The number of hydrogen-bond donors (Lipinski definition) is 3. The van der Waals surface area contributed by atoms with Crippen molar-refractivity contribution in [1.82, 2.24) is 0 Å². The highest BCUT2D eigenvalue weighted by molar-refractivity contribution is 6.30. The normalized spacial score (nSPS) is 15.2. The van der Waals surface area contributed by atoms with E-state index in [1.807, 2.05) is 0 Å². The quantitative estimate of drug-likeness (QED) is 0.704. The van der Waals surface area contributed by atoms with Crippen LogP contribution in [0.25, 0.3) is 0 Å². The molecule has 5 heteroatoms. The molecule has 78 valence electrons. The minimum absolute atomic E-state index is 0.136. The molecule has 1 aromatic carbocycles. The van der Waals surface area contributed by atoms with Crippen LogP contribution in [0.2, 0.25) is 5.02 Å². The van der Waals surface area contributed by atoms with E-state index in [0.717, 1.165) is 6.07 Å². The fourth-order valence-electron chi connectivity index (χ4n) is 1.08. The van der Waals surface area contributed by atoms with E-state index in [9.17, 15) is 9.50 Å². The standard InChI is InChI=1S/C9H11ClFNO2/c1-9(12,4-13)5-2-6(10)7(11)3-8(5)14/h2-3,13-14H,4,12H2,1H3/t9-/m0/s1. The Hall–Kier alpha value is -0.840. The van der Waals surface area contributed by atoms with Crippen molar-refractivity contribution in [3.8, 4) is 5.75 Å². The highest BCUT2D eigenvalue weighted by Crippen LogP contribution is 2.31. The van der Waals surface area contributed by atoms with Gasteiger partial charge in [-0.2, -0.15) is 0 Å². The average molecular weight is 220 g/mol. The third-order valence-corrected chi connectivity index (χ3v) is 2.27. The molecule has 0 aliphatic rings. The Labute approximate surface area is 85.9 Å². The van der Waals surface area contributed by atoms with E-state index >= 15 is 0 Å². The molecule has 0 aromatic heterocycles. The van der Waals surface area contributed by atoms with Crippen molar-refractivity contribution in [3.05, 3.63) is 28.5 Å². The lowest BCUT2D eigenvalue weighted by Crippen LogP contribution is -2.37. The number of halogens is 2. The topological polar surface area (TPSA) is 66.5 Å². The summed E-state index contributed by atoms with van der Waals surface area (Å²) in [6.45, 7) is 1.14. The maximum Gasteiger partial charge on any atom is 0.145 e. The van der Waals surface area contributed by atoms with Crippen molar-refractivity contribution in [2.75, 3.05) is 6.61 Å². The molecule has 0 fully saturated rings. The molecule has 0 radical (unpaired) electrons. The molecule has 1 rings (SSSR count). The van der Waals surface area contributed by atoms with Gasteiger partial charge in [0.15, 0.2) is 0 Å². The average Bonchev–Trinajstić information content (AvgIpc) is 2.11. The molecule has 14 heavy (non-hydrogen) atoms. The van der Waals surface area contributed by atoms with Gasteiger partial charge in [0.25, 0.3) is 0 Å². The fraction of sp³-hybridized carbons (Fsp3) is 0.333. The Balaban J connectivity index is 3.29. The Kier molecular flexibility index (Phi) is 2.99. The van der Waals surface area contributed by atoms with Gasteiger partial charge < -0.3 is 15.9 Å². The zero-order valence-electron chi connectivity index (χ0n) is 7.59. The summed E-state index contributed by atoms with van der Waals surface area (Å²) in [5.41, 5.74) is 4.74. The first-order valence-corrected chi connectivity index (χ1v) is 4.34. The summed E-state index contributed by atoms with van der Waals surface area (Å²) in [5.74, 6) is -1.03. The summed E-state index contributed by atoms with van der Waals surface area (Å²) in [6, 6.07) is 2.08. The first-order valence-electron chi connectivity index (χ1n) is 3.96. The highest BCUT2D eigenvalue weighted by atomic mass is 35.5. The van der Waals surface area contributed by atoms with E-state index in [4.69, 9.17) is 22.4 Å². The first-order chi connectivity index (χ1) is 6.38. The van der Waals surface area contributed by atoms with Crippen molar-refractivity contribution < 1.29 is 14.6 Å². The van der Waals surface area contributed by atoms with Crippen LogP contribution in [-0.4, -0.2) is 16.8 Å². The second-order valence-corrected chi connectivity index (χ2v) is 3.77. The van der Waals surface area contributed by atoms with Gasteiger partial charge >= 0.3 is 0 Å². The third kappa shape index (κ3) is 1.97. The molecule has 0 saturated heterocycles. The van der Waals surface area contributed by atoms with Gasteiger partial charge in [-0.05, 0) is 13.0 Å². The van der Waals surface area contributed by atoms with Crippen LogP contribution in [0.4, 0.5) is 4.39 Å². The molecule has 0 aliphatic carbocycles. The SMILES string of the molecule is C[C@](N)(CO)c1cc(Cl)c(F)cc1O. The summed E-state index contributed by atoms with van der Waals surface area (Å²) >= 11 is 5.53. The molecule has 4 N–H and O–H groups in total. The molecular weight excluding hydrogens is 209 g/mol. The summed E-state index contributed by atoms with van der Waals surface area (Å²) in [6.07, 6.45) is 0. The van der Waals surface area contributed by atoms with Gasteiger partial charge in [0, 0.05) is 11.6 Å². The first kappa shape index (κ1) is 11.2. The van der Waals surface area contributed by atoms with Crippen LogP contribution in [-0.2, 0) is 5.54 Å². The fourth-order valence-corrected chi connectivity index (χ4v) is 1.24. The maximum absolute atomic E-state index is 12.9. The van der Waals surface area contributed by atoms with Crippen LogP contribution in [0, 0.1) is 5.82 Å². The van der Waals surface area contributed by atoms with Gasteiger partial charge in [0.05, 0.1) is 17.2 Å². The van der Waals surface area contributed by atoms with E-state index in [2.05, 4.69) is 0 Å². The monoisotopic (exact) mass is 219 g/mol. The van der Waals surface area contributed by atoms with Crippen LogP contribution in [0.15, 0.2) is 12.1 Å². The van der Waals surface area contributed by atoms with E-state index in [1.165, 1.54) is 13.0 Å². The molecule has 3 nitrogen and oxygen atoms in total. The van der Waals surface area contributed by atoms with E-state index < -0.39 is 11.4 Å². The lowest BCUT2D eigenvalue weighted by atomic mass is 9.93. The Morgan fingerprint density at radius 2 is 2.14 bits per heavy atom. The van der Waals surface area contributed by atoms with Crippen molar-refractivity contribution in [3.63, 3.8) is 0 Å². The van der Waals surface area contributed by atoms with Crippen molar-refractivity contribution in [1.29, 1.82) is 0 Å². The van der Waals surface area contributed by atoms with E-state index in [-0.39, 0.29) is 22.9 Å². The van der Waals surface area contributed by atoms with Gasteiger partial charge in [0.2, 0.25) is 0 Å². The minimum atomic E-state index is -1.14. The molecule has 0 aliphatic heterocycles. The number of nitrogens with two attached hydrogens (primary N) is 1. The summed E-state index contributed by atoms with van der Waals surface area (Å²) < 4.78 is 12.9. The molecule has 1 aromatic rings. The Morgan fingerprint density at radius 3 is 2.64 bits per heavy atom. The molecule has 0 saturated carbocycles. The largest absolute Gasteiger partial charge is 0.507 e. The van der Waals surface area contributed by atoms with Crippen molar-refractivity contribution >= 4 is 11.6 Å². The lowest BCUT2D eigenvalue weighted by molar-refractivity contribution is 0.206. The third-order valence-electron chi connectivity index (χ3n) is 1.98. The summed E-state index contributed by atoms with van der Waals surface area (Å²) in [7, 11) is 0. The second-order valence-electron chi connectivity index (χ2n) is 3.36. The number of rotatable bonds is 2. The van der Waals surface area contributed by atoms with Crippen LogP contribution in [0.5, 0.6) is 5.75 Å². The van der Waals surface area contributed by atoms with Crippen LogP contribution in [0.3, 0.4) is 0 Å². The molecule has 0 amide bonds. The predicted octanol–water partition coefficient (Wildman–Crippen LogP) is 1.35. The number of aliphatic hydroxyl groups excluding tert-OH is 1. The minimum Gasteiger partial charge on any atom is -0.507 e. The summed E-state index contributed by atoms with van der Waals surface area (Å²) in [4.78, 5) is 0. The van der Waals surface area contributed by atoms with Crippen LogP contribution in [0.1, 0.15) is 12.5 Å². The van der Waals surface area contributed by atoms with Crippen molar-refractivity contribution in [2.45, 2.75) is 12.5 Å². The number of aliphatic hydroxyl groups is 1. The molecule has 0 heterocycles.